The lowest BCUT2D eigenvalue weighted by molar-refractivity contribution is 0.0821. The van der Waals surface area contributed by atoms with Gasteiger partial charge in [-0.25, -0.2) is 4.98 Å². The number of thiazole rings is 1. The van der Waals surface area contributed by atoms with Crippen LogP contribution >= 0.6 is 11.3 Å². The molecule has 1 saturated heterocycles. The van der Waals surface area contributed by atoms with E-state index in [-0.39, 0.29) is 6.10 Å². The summed E-state index contributed by atoms with van der Waals surface area (Å²) in [6, 6.07) is 0.502. The molecule has 1 aromatic rings. The van der Waals surface area contributed by atoms with E-state index in [0.29, 0.717) is 12.0 Å². The molecule has 0 spiro atoms. The van der Waals surface area contributed by atoms with Crippen molar-refractivity contribution in [2.24, 2.45) is 0 Å². The van der Waals surface area contributed by atoms with Crippen molar-refractivity contribution in [3.05, 3.63) is 10.6 Å². The fraction of sp³-hybridized carbons (Fsp3) is 0.812. The highest BCUT2D eigenvalue weighted by atomic mass is 32.1. The van der Waals surface area contributed by atoms with Gasteiger partial charge in [-0.15, -0.1) is 11.3 Å². The van der Waals surface area contributed by atoms with Gasteiger partial charge in [0.25, 0.3) is 0 Å². The van der Waals surface area contributed by atoms with Crippen LogP contribution in [0.25, 0.3) is 0 Å². The fourth-order valence-corrected chi connectivity index (χ4v) is 3.73. The molecule has 0 aliphatic carbocycles. The van der Waals surface area contributed by atoms with Gasteiger partial charge in [0.2, 0.25) is 0 Å². The predicted molar refractivity (Wildman–Crippen MR) is 90.4 cm³/mol. The third-order valence-electron chi connectivity index (χ3n) is 3.66. The third kappa shape index (κ3) is 4.66. The summed E-state index contributed by atoms with van der Waals surface area (Å²) in [5.74, 6) is 0.472. The minimum atomic E-state index is 0.288. The molecule has 2 rings (SSSR count). The second kappa shape index (κ2) is 7.56. The van der Waals surface area contributed by atoms with Crippen molar-refractivity contribution in [3.8, 4) is 0 Å². The van der Waals surface area contributed by atoms with Crippen LogP contribution in [-0.4, -0.2) is 36.8 Å². The van der Waals surface area contributed by atoms with Gasteiger partial charge in [-0.2, -0.15) is 0 Å². The van der Waals surface area contributed by atoms with E-state index in [4.69, 9.17) is 9.72 Å². The standard InChI is InChI=1S/C16H29N3OS/c1-11(2)15-14(9-17-12(3)4)21-16(18-15)19-7-6-8-20-13(5)10-19/h11-13,17H,6-10H2,1-5H3. The average Bonchev–Trinajstić information content (AvgIpc) is 2.72. The van der Waals surface area contributed by atoms with Crippen LogP contribution in [-0.2, 0) is 11.3 Å². The molecule has 0 bridgehead atoms. The molecule has 0 amide bonds. The molecule has 1 aromatic heterocycles. The van der Waals surface area contributed by atoms with Gasteiger partial charge in [0, 0.05) is 37.2 Å². The van der Waals surface area contributed by atoms with Crippen molar-refractivity contribution in [2.45, 2.75) is 65.6 Å². The SMILES string of the molecule is CC(C)NCc1sc(N2CCCOC(C)C2)nc1C(C)C. The molecule has 1 aliphatic rings. The highest BCUT2D eigenvalue weighted by Gasteiger charge is 2.21. The van der Waals surface area contributed by atoms with E-state index < -0.39 is 0 Å². The second-order valence-corrected chi connectivity index (χ2v) is 7.54. The Morgan fingerprint density at radius 2 is 2.14 bits per heavy atom. The van der Waals surface area contributed by atoms with E-state index in [9.17, 15) is 0 Å². The number of nitrogens with one attached hydrogen (secondary N) is 1. The van der Waals surface area contributed by atoms with E-state index in [0.717, 1.165) is 37.8 Å². The van der Waals surface area contributed by atoms with Crippen molar-refractivity contribution in [2.75, 3.05) is 24.6 Å². The van der Waals surface area contributed by atoms with Gasteiger partial charge in [-0.05, 0) is 19.3 Å². The Balaban J connectivity index is 2.17. The molecule has 1 atom stereocenters. The summed E-state index contributed by atoms with van der Waals surface area (Å²) in [5.41, 5.74) is 1.25. The molecule has 1 N–H and O–H groups in total. The summed E-state index contributed by atoms with van der Waals surface area (Å²) >= 11 is 1.84. The van der Waals surface area contributed by atoms with Crippen LogP contribution < -0.4 is 10.2 Å². The van der Waals surface area contributed by atoms with E-state index in [1.165, 1.54) is 10.6 Å². The van der Waals surface area contributed by atoms with Crippen molar-refractivity contribution < 1.29 is 4.74 Å². The molecule has 1 fully saturated rings. The molecule has 1 unspecified atom stereocenters. The fourth-order valence-electron chi connectivity index (χ4n) is 2.53. The molecule has 2 heterocycles. The monoisotopic (exact) mass is 311 g/mol. The van der Waals surface area contributed by atoms with Crippen LogP contribution in [0.5, 0.6) is 0 Å². The highest BCUT2D eigenvalue weighted by molar-refractivity contribution is 7.15. The van der Waals surface area contributed by atoms with Crippen molar-refractivity contribution in [3.63, 3.8) is 0 Å². The number of hydrogen-bond acceptors (Lipinski definition) is 5. The van der Waals surface area contributed by atoms with Gasteiger partial charge < -0.3 is 15.0 Å². The molecule has 4 nitrogen and oxygen atoms in total. The minimum absolute atomic E-state index is 0.288. The molecule has 0 saturated carbocycles. The maximum absolute atomic E-state index is 5.74. The van der Waals surface area contributed by atoms with Crippen LogP contribution in [0.4, 0.5) is 5.13 Å². The summed E-state index contributed by atoms with van der Waals surface area (Å²) < 4.78 is 5.74. The van der Waals surface area contributed by atoms with Gasteiger partial charge in [-0.1, -0.05) is 27.7 Å². The quantitative estimate of drug-likeness (QED) is 0.904. The van der Waals surface area contributed by atoms with Gasteiger partial charge in [0.15, 0.2) is 5.13 Å². The molecule has 1 aliphatic heterocycles. The summed E-state index contributed by atoms with van der Waals surface area (Å²) in [4.78, 5) is 8.71. The van der Waals surface area contributed by atoms with Gasteiger partial charge in [0.05, 0.1) is 11.8 Å². The lowest BCUT2D eigenvalue weighted by Crippen LogP contribution is -2.29. The van der Waals surface area contributed by atoms with Crippen LogP contribution in [0.2, 0.25) is 0 Å². The highest BCUT2D eigenvalue weighted by Crippen LogP contribution is 2.31. The number of rotatable bonds is 5. The maximum atomic E-state index is 5.74. The smallest absolute Gasteiger partial charge is 0.185 e. The molecule has 0 aromatic carbocycles. The Hall–Kier alpha value is -0.650. The van der Waals surface area contributed by atoms with Crippen LogP contribution in [0.15, 0.2) is 0 Å². The Kier molecular flexibility index (Phi) is 6.02. The Labute approximate surface area is 132 Å². The van der Waals surface area contributed by atoms with Gasteiger partial charge in [0.1, 0.15) is 0 Å². The number of ether oxygens (including phenoxy) is 1. The first-order chi connectivity index (χ1) is 9.97. The van der Waals surface area contributed by atoms with Crippen molar-refractivity contribution >= 4 is 16.5 Å². The van der Waals surface area contributed by atoms with E-state index in [2.05, 4.69) is 44.8 Å². The molecule has 0 radical (unpaired) electrons. The topological polar surface area (TPSA) is 37.4 Å². The van der Waals surface area contributed by atoms with Crippen molar-refractivity contribution in [1.29, 1.82) is 0 Å². The van der Waals surface area contributed by atoms with Crippen LogP contribution in [0.1, 0.15) is 57.5 Å². The lowest BCUT2D eigenvalue weighted by atomic mass is 10.1. The Bertz CT molecular complexity index is 445. The van der Waals surface area contributed by atoms with E-state index >= 15 is 0 Å². The number of nitrogens with zero attached hydrogens (tertiary/aromatic N) is 2. The maximum Gasteiger partial charge on any atom is 0.185 e. The van der Waals surface area contributed by atoms with Gasteiger partial charge in [-0.3, -0.25) is 0 Å². The van der Waals surface area contributed by atoms with Crippen LogP contribution in [0, 0.1) is 0 Å². The number of aromatic nitrogens is 1. The second-order valence-electron chi connectivity index (χ2n) is 6.48. The van der Waals surface area contributed by atoms with E-state index in [1.807, 2.05) is 11.3 Å². The molecular formula is C16H29N3OS. The van der Waals surface area contributed by atoms with E-state index in [1.54, 1.807) is 0 Å². The Morgan fingerprint density at radius 3 is 2.81 bits per heavy atom. The summed E-state index contributed by atoms with van der Waals surface area (Å²) in [6.07, 6.45) is 1.37. The predicted octanol–water partition coefficient (Wildman–Crippen LogP) is 3.38. The first kappa shape index (κ1) is 16.7. The average molecular weight is 311 g/mol. The summed E-state index contributed by atoms with van der Waals surface area (Å²) in [5, 5.41) is 4.69. The zero-order valence-electron chi connectivity index (χ0n) is 14.0. The number of hydrogen-bond donors (Lipinski definition) is 1. The molecular weight excluding hydrogens is 282 g/mol. The minimum Gasteiger partial charge on any atom is -0.377 e. The molecule has 120 valence electrons. The molecule has 21 heavy (non-hydrogen) atoms. The summed E-state index contributed by atoms with van der Waals surface area (Å²) in [7, 11) is 0. The third-order valence-corrected chi connectivity index (χ3v) is 4.79. The summed E-state index contributed by atoms with van der Waals surface area (Å²) in [6.45, 7) is 14.8. The largest absolute Gasteiger partial charge is 0.377 e. The van der Waals surface area contributed by atoms with Gasteiger partial charge >= 0.3 is 0 Å². The Morgan fingerprint density at radius 1 is 1.38 bits per heavy atom. The zero-order chi connectivity index (χ0) is 15.4. The molecule has 5 heteroatoms. The first-order valence-electron chi connectivity index (χ1n) is 8.07. The first-order valence-corrected chi connectivity index (χ1v) is 8.88. The lowest BCUT2D eigenvalue weighted by Gasteiger charge is -2.21. The number of anilines is 1. The zero-order valence-corrected chi connectivity index (χ0v) is 14.8. The normalized spacial score (nSPS) is 20.3. The van der Waals surface area contributed by atoms with Crippen LogP contribution in [0.3, 0.4) is 0 Å². The van der Waals surface area contributed by atoms with Crippen molar-refractivity contribution in [1.82, 2.24) is 10.3 Å².